The number of anilines is 1. The largest absolute Gasteiger partial charge is 0.418 e. The van der Waals surface area contributed by atoms with E-state index in [4.69, 9.17) is 12.2 Å². The molecule has 2 aromatic rings. The zero-order valence-corrected chi connectivity index (χ0v) is 18.6. The van der Waals surface area contributed by atoms with E-state index in [2.05, 4.69) is 5.32 Å². The van der Waals surface area contributed by atoms with Crippen molar-refractivity contribution in [2.75, 3.05) is 11.9 Å². The molecule has 1 heterocycles. The molecule has 0 bridgehead atoms. The lowest BCUT2D eigenvalue weighted by Gasteiger charge is -2.16. The van der Waals surface area contributed by atoms with Gasteiger partial charge < -0.3 is 5.32 Å². The Morgan fingerprint density at radius 1 is 1.12 bits per heavy atom. The molecule has 9 heteroatoms. The van der Waals surface area contributed by atoms with Crippen molar-refractivity contribution in [2.24, 2.45) is 0 Å². The van der Waals surface area contributed by atoms with Crippen LogP contribution in [0.25, 0.3) is 6.08 Å². The normalized spacial score (nSPS) is 16.1. The van der Waals surface area contributed by atoms with Gasteiger partial charge >= 0.3 is 6.18 Å². The van der Waals surface area contributed by atoms with Gasteiger partial charge in [0.15, 0.2) is 0 Å². The number of alkyl halides is 3. The van der Waals surface area contributed by atoms with Gasteiger partial charge in [-0.15, -0.1) is 0 Å². The van der Waals surface area contributed by atoms with Gasteiger partial charge in [0.2, 0.25) is 5.91 Å². The summed E-state index contributed by atoms with van der Waals surface area (Å²) >= 11 is 6.39. The second kappa shape index (κ2) is 10.1. The highest BCUT2D eigenvalue weighted by atomic mass is 32.2. The average Bonchev–Trinajstić information content (AvgIpc) is 2.99. The van der Waals surface area contributed by atoms with Gasteiger partial charge in [-0.1, -0.05) is 72.5 Å². The monoisotopic (exact) mass is 476 g/mol. The van der Waals surface area contributed by atoms with E-state index in [1.807, 2.05) is 43.3 Å². The third kappa shape index (κ3) is 6.08. The first-order chi connectivity index (χ1) is 15.1. The molecule has 166 valence electrons. The molecule has 1 aliphatic heterocycles. The molecule has 1 fully saturated rings. The van der Waals surface area contributed by atoms with Gasteiger partial charge in [-0.05, 0) is 36.3 Å². The maximum atomic E-state index is 13.1. The third-order valence-electron chi connectivity index (χ3n) is 4.50. The Labute approximate surface area is 193 Å². The minimum absolute atomic E-state index is 0.0243. The van der Waals surface area contributed by atoms with Crippen LogP contribution >= 0.6 is 24.0 Å². The minimum Gasteiger partial charge on any atom is -0.325 e. The van der Waals surface area contributed by atoms with Gasteiger partial charge in [0, 0.05) is 13.0 Å². The first-order valence-electron chi connectivity index (χ1n) is 9.60. The number of nitrogens with one attached hydrogen (secondary N) is 1. The molecule has 2 aromatic carbocycles. The SMILES string of the molecule is CC(=C/c1ccccc1)/C=C1/SC(=S)N(CCC(=O)Nc2ccccc2C(F)(F)F)C1=O. The summed E-state index contributed by atoms with van der Waals surface area (Å²) in [5, 5.41) is 2.27. The molecule has 0 unspecified atom stereocenters. The van der Waals surface area contributed by atoms with E-state index in [1.165, 1.54) is 23.1 Å². The predicted octanol–water partition coefficient (Wildman–Crippen LogP) is 5.88. The molecule has 0 aliphatic carbocycles. The van der Waals surface area contributed by atoms with E-state index in [-0.39, 0.29) is 24.6 Å². The van der Waals surface area contributed by atoms with Crippen LogP contribution < -0.4 is 5.32 Å². The molecule has 0 radical (unpaired) electrons. The Kier molecular flexibility index (Phi) is 7.52. The number of allylic oxidation sites excluding steroid dienone is 2. The summed E-state index contributed by atoms with van der Waals surface area (Å²) in [5.41, 5.74) is 0.602. The first kappa shape index (κ1) is 23.7. The predicted molar refractivity (Wildman–Crippen MR) is 125 cm³/mol. The molecule has 2 amide bonds. The quantitative estimate of drug-likeness (QED) is 0.418. The number of rotatable bonds is 6. The van der Waals surface area contributed by atoms with Crippen LogP contribution in [0.15, 0.2) is 71.2 Å². The molecular formula is C23H19F3N2O2S2. The van der Waals surface area contributed by atoms with Crippen molar-refractivity contribution in [1.82, 2.24) is 4.90 Å². The molecule has 1 N–H and O–H groups in total. The van der Waals surface area contributed by atoms with Crippen molar-refractivity contribution in [2.45, 2.75) is 19.5 Å². The van der Waals surface area contributed by atoms with Crippen LogP contribution in [0, 0.1) is 0 Å². The van der Waals surface area contributed by atoms with Crippen LogP contribution in [0.2, 0.25) is 0 Å². The van der Waals surface area contributed by atoms with Crippen molar-refractivity contribution in [1.29, 1.82) is 0 Å². The molecule has 0 spiro atoms. The number of hydrogen-bond acceptors (Lipinski definition) is 4. The summed E-state index contributed by atoms with van der Waals surface area (Å²) in [6, 6.07) is 14.4. The van der Waals surface area contributed by atoms with E-state index in [0.717, 1.165) is 29.0 Å². The second-order valence-corrected chi connectivity index (χ2v) is 8.65. The molecule has 3 rings (SSSR count). The molecule has 32 heavy (non-hydrogen) atoms. The number of hydrogen-bond donors (Lipinski definition) is 1. The zero-order chi connectivity index (χ0) is 23.3. The molecule has 0 saturated carbocycles. The number of para-hydroxylation sites is 1. The summed E-state index contributed by atoms with van der Waals surface area (Å²) in [6.07, 6.45) is -1.12. The standard InChI is InChI=1S/C23H19F3N2O2S2/c1-15(13-16-7-3-2-4-8-16)14-19-21(30)28(22(31)32-19)12-11-20(29)27-18-10-6-5-9-17(18)23(24,25)26/h2-10,13-14H,11-12H2,1H3,(H,27,29)/b15-13-,19-14+. The molecule has 1 saturated heterocycles. The van der Waals surface area contributed by atoms with Gasteiger partial charge in [-0.3, -0.25) is 14.5 Å². The second-order valence-electron chi connectivity index (χ2n) is 6.97. The van der Waals surface area contributed by atoms with Crippen molar-refractivity contribution >= 4 is 51.9 Å². The zero-order valence-electron chi connectivity index (χ0n) is 17.0. The summed E-state index contributed by atoms with van der Waals surface area (Å²) in [5.74, 6) is -0.968. The fourth-order valence-corrected chi connectivity index (χ4v) is 4.38. The molecule has 1 aliphatic rings. The highest BCUT2D eigenvalue weighted by molar-refractivity contribution is 8.26. The highest BCUT2D eigenvalue weighted by Gasteiger charge is 2.34. The molecule has 0 aromatic heterocycles. The van der Waals surface area contributed by atoms with Crippen molar-refractivity contribution < 1.29 is 22.8 Å². The molecule has 0 atom stereocenters. The fraction of sp³-hybridized carbons (Fsp3) is 0.174. The number of nitrogens with zero attached hydrogens (tertiary/aromatic N) is 1. The van der Waals surface area contributed by atoms with Gasteiger partial charge in [0.25, 0.3) is 5.91 Å². The average molecular weight is 477 g/mol. The Hall–Kier alpha value is -2.91. The lowest BCUT2D eigenvalue weighted by atomic mass is 10.1. The Morgan fingerprint density at radius 2 is 1.78 bits per heavy atom. The minimum atomic E-state index is -4.59. The summed E-state index contributed by atoms with van der Waals surface area (Å²) in [6.45, 7) is 1.84. The van der Waals surface area contributed by atoms with Crippen LogP contribution in [-0.4, -0.2) is 27.6 Å². The third-order valence-corrected chi connectivity index (χ3v) is 5.87. The lowest BCUT2D eigenvalue weighted by molar-refractivity contribution is -0.137. The van der Waals surface area contributed by atoms with Crippen LogP contribution in [0.3, 0.4) is 0 Å². The number of carbonyl (C=O) groups excluding carboxylic acids is 2. The number of amides is 2. The smallest absolute Gasteiger partial charge is 0.325 e. The van der Waals surface area contributed by atoms with Crippen LogP contribution in [-0.2, 0) is 15.8 Å². The summed E-state index contributed by atoms with van der Waals surface area (Å²) < 4.78 is 39.6. The maximum absolute atomic E-state index is 13.1. The van der Waals surface area contributed by atoms with E-state index in [1.54, 1.807) is 6.08 Å². The van der Waals surface area contributed by atoms with Crippen molar-refractivity contribution in [3.63, 3.8) is 0 Å². The number of halogens is 3. The van der Waals surface area contributed by atoms with Crippen LogP contribution in [0.1, 0.15) is 24.5 Å². The first-order valence-corrected chi connectivity index (χ1v) is 10.8. The molecule has 4 nitrogen and oxygen atoms in total. The van der Waals surface area contributed by atoms with E-state index in [9.17, 15) is 22.8 Å². The Balaban J connectivity index is 1.63. The highest BCUT2D eigenvalue weighted by Crippen LogP contribution is 2.35. The van der Waals surface area contributed by atoms with Crippen LogP contribution in [0.5, 0.6) is 0 Å². The van der Waals surface area contributed by atoms with Gasteiger partial charge in [0.05, 0.1) is 16.2 Å². The topological polar surface area (TPSA) is 49.4 Å². The molecular weight excluding hydrogens is 457 g/mol. The van der Waals surface area contributed by atoms with Gasteiger partial charge in [-0.2, -0.15) is 13.2 Å². The Morgan fingerprint density at radius 3 is 2.47 bits per heavy atom. The number of thiocarbonyl (C=S) groups is 1. The Bertz CT molecular complexity index is 1100. The lowest BCUT2D eigenvalue weighted by Crippen LogP contribution is -2.31. The fourth-order valence-electron chi connectivity index (χ4n) is 3.02. The maximum Gasteiger partial charge on any atom is 0.418 e. The number of thioether (sulfide) groups is 1. The van der Waals surface area contributed by atoms with Gasteiger partial charge in [0.1, 0.15) is 4.32 Å². The van der Waals surface area contributed by atoms with Crippen molar-refractivity contribution in [3.8, 4) is 0 Å². The van der Waals surface area contributed by atoms with E-state index < -0.39 is 17.6 Å². The number of benzene rings is 2. The summed E-state index contributed by atoms with van der Waals surface area (Å²) in [7, 11) is 0. The van der Waals surface area contributed by atoms with E-state index >= 15 is 0 Å². The van der Waals surface area contributed by atoms with Gasteiger partial charge in [-0.25, -0.2) is 0 Å². The van der Waals surface area contributed by atoms with Crippen molar-refractivity contribution in [3.05, 3.63) is 82.3 Å². The summed E-state index contributed by atoms with van der Waals surface area (Å²) in [4.78, 5) is 26.7. The van der Waals surface area contributed by atoms with Crippen LogP contribution in [0.4, 0.5) is 18.9 Å². The number of carbonyl (C=O) groups is 2. The van der Waals surface area contributed by atoms with E-state index in [0.29, 0.717) is 9.23 Å².